The maximum Gasteiger partial charge on any atom is 0.228 e. The van der Waals surface area contributed by atoms with Crippen molar-refractivity contribution in [2.24, 2.45) is 0 Å². The summed E-state index contributed by atoms with van der Waals surface area (Å²) in [6.07, 6.45) is 7.98. The third kappa shape index (κ3) is 3.99. The minimum absolute atomic E-state index is 0.552. The van der Waals surface area contributed by atoms with E-state index in [2.05, 4.69) is 24.6 Å². The van der Waals surface area contributed by atoms with Gasteiger partial charge < -0.3 is 14.1 Å². The molecule has 1 aliphatic heterocycles. The third-order valence-electron chi connectivity index (χ3n) is 5.44. The lowest BCUT2D eigenvalue weighted by atomic mass is 10.1. The maximum atomic E-state index is 5.69. The van der Waals surface area contributed by atoms with Crippen molar-refractivity contribution in [3.05, 3.63) is 36.2 Å². The second-order valence-corrected chi connectivity index (χ2v) is 8.54. The largest absolute Gasteiger partial charge is 0.497 e. The third-order valence-corrected chi connectivity index (χ3v) is 6.41. The van der Waals surface area contributed by atoms with Crippen LogP contribution in [-0.2, 0) is 5.75 Å². The monoisotopic (exact) mass is 411 g/mol. The van der Waals surface area contributed by atoms with Crippen LogP contribution >= 0.6 is 11.8 Å². The Labute approximate surface area is 174 Å². The highest BCUT2D eigenvalue weighted by atomic mass is 32.2. The van der Waals surface area contributed by atoms with E-state index in [1.54, 1.807) is 25.1 Å². The van der Waals surface area contributed by atoms with E-state index >= 15 is 0 Å². The molecule has 2 aromatic heterocycles. The number of ether oxygens (including phenoxy) is 1. The van der Waals surface area contributed by atoms with E-state index in [4.69, 9.17) is 9.15 Å². The number of piperidine rings is 1. The highest BCUT2D eigenvalue weighted by Gasteiger charge is 2.32. The molecular formula is C21H25N5O2S. The van der Waals surface area contributed by atoms with Crippen molar-refractivity contribution in [3.8, 4) is 17.2 Å². The topological polar surface area (TPSA) is 69.2 Å². The van der Waals surface area contributed by atoms with E-state index in [0.717, 1.165) is 41.2 Å². The summed E-state index contributed by atoms with van der Waals surface area (Å²) >= 11 is 1.69. The Morgan fingerprint density at radius 2 is 1.90 bits per heavy atom. The van der Waals surface area contributed by atoms with Gasteiger partial charge in [0.1, 0.15) is 12.0 Å². The van der Waals surface area contributed by atoms with Gasteiger partial charge in [-0.1, -0.05) is 11.8 Å². The molecule has 8 heteroatoms. The van der Waals surface area contributed by atoms with Gasteiger partial charge in [-0.25, -0.2) is 4.98 Å². The van der Waals surface area contributed by atoms with Gasteiger partial charge in [-0.05, 0) is 56.4 Å². The van der Waals surface area contributed by atoms with Crippen molar-refractivity contribution in [1.29, 1.82) is 0 Å². The zero-order valence-corrected chi connectivity index (χ0v) is 17.4. The number of aromatic nitrogens is 4. The minimum Gasteiger partial charge on any atom is -0.497 e. The van der Waals surface area contributed by atoms with Crippen LogP contribution in [0.25, 0.3) is 11.5 Å². The molecule has 2 aliphatic rings. The SMILES string of the molecule is COc1ccc(-c2nc(CSc3nnc(N4CCCCC4)n3C3CC3)co2)cc1. The zero-order valence-electron chi connectivity index (χ0n) is 16.6. The highest BCUT2D eigenvalue weighted by Crippen LogP contribution is 2.41. The van der Waals surface area contributed by atoms with Crippen molar-refractivity contribution < 1.29 is 9.15 Å². The van der Waals surface area contributed by atoms with Crippen LogP contribution in [0.1, 0.15) is 43.8 Å². The number of hydrogen-bond acceptors (Lipinski definition) is 7. The van der Waals surface area contributed by atoms with Crippen LogP contribution in [0.3, 0.4) is 0 Å². The molecule has 1 saturated heterocycles. The summed E-state index contributed by atoms with van der Waals surface area (Å²) in [5.74, 6) is 3.21. The molecule has 0 bridgehead atoms. The van der Waals surface area contributed by atoms with Gasteiger partial charge in [-0.2, -0.15) is 0 Å². The summed E-state index contributed by atoms with van der Waals surface area (Å²) < 4.78 is 13.2. The predicted octanol–water partition coefficient (Wildman–Crippen LogP) is 4.56. The second-order valence-electron chi connectivity index (χ2n) is 7.59. The Morgan fingerprint density at radius 3 is 2.62 bits per heavy atom. The first-order valence-corrected chi connectivity index (χ1v) is 11.2. The van der Waals surface area contributed by atoms with Gasteiger partial charge in [0.05, 0.1) is 12.8 Å². The van der Waals surface area contributed by atoms with Crippen molar-refractivity contribution in [3.63, 3.8) is 0 Å². The fourth-order valence-corrected chi connectivity index (χ4v) is 4.59. The van der Waals surface area contributed by atoms with E-state index in [1.807, 2.05) is 24.3 Å². The number of anilines is 1. The molecule has 29 heavy (non-hydrogen) atoms. The molecule has 7 nitrogen and oxygen atoms in total. The lowest BCUT2D eigenvalue weighted by molar-refractivity contribution is 0.415. The lowest BCUT2D eigenvalue weighted by Crippen LogP contribution is -2.31. The van der Waals surface area contributed by atoms with Crippen LogP contribution in [0.5, 0.6) is 5.75 Å². The minimum atomic E-state index is 0.552. The van der Waals surface area contributed by atoms with E-state index in [-0.39, 0.29) is 0 Å². The standard InChI is InChI=1S/C21H25N5O2S/c1-27-18-9-5-15(6-10-18)19-22-16(13-28-19)14-29-21-24-23-20(26(21)17-7-8-17)25-11-3-2-4-12-25/h5-6,9-10,13,17H,2-4,7-8,11-12,14H2,1H3. The molecule has 5 rings (SSSR count). The summed E-state index contributed by atoms with van der Waals surface area (Å²) in [4.78, 5) is 7.04. The fourth-order valence-electron chi connectivity index (χ4n) is 3.71. The molecule has 1 saturated carbocycles. The first-order valence-electron chi connectivity index (χ1n) is 10.2. The Balaban J connectivity index is 1.29. The average molecular weight is 412 g/mol. The maximum absolute atomic E-state index is 5.69. The molecule has 2 fully saturated rings. The van der Waals surface area contributed by atoms with Crippen LogP contribution < -0.4 is 9.64 Å². The number of oxazole rings is 1. The Hall–Kier alpha value is -2.48. The first kappa shape index (κ1) is 18.5. The Morgan fingerprint density at radius 1 is 1.10 bits per heavy atom. The number of rotatable bonds is 7. The Bertz CT molecular complexity index is 958. The van der Waals surface area contributed by atoms with E-state index in [9.17, 15) is 0 Å². The number of thioether (sulfide) groups is 1. The van der Waals surface area contributed by atoms with Gasteiger partial charge in [0.2, 0.25) is 11.8 Å². The molecule has 0 unspecified atom stereocenters. The van der Waals surface area contributed by atoms with Crippen molar-refractivity contribution in [1.82, 2.24) is 19.7 Å². The van der Waals surface area contributed by atoms with Gasteiger partial charge in [-0.3, -0.25) is 4.57 Å². The lowest BCUT2D eigenvalue weighted by Gasteiger charge is -2.27. The van der Waals surface area contributed by atoms with Gasteiger partial charge in [0.25, 0.3) is 0 Å². The molecular weight excluding hydrogens is 386 g/mol. The van der Waals surface area contributed by atoms with Gasteiger partial charge in [0, 0.05) is 30.4 Å². The van der Waals surface area contributed by atoms with E-state index < -0.39 is 0 Å². The summed E-state index contributed by atoms with van der Waals surface area (Å²) in [5.41, 5.74) is 1.85. The van der Waals surface area contributed by atoms with E-state index in [0.29, 0.717) is 17.7 Å². The van der Waals surface area contributed by atoms with Crippen molar-refractivity contribution in [2.45, 2.75) is 49.1 Å². The molecule has 3 aromatic rings. The predicted molar refractivity (Wildman–Crippen MR) is 112 cm³/mol. The quantitative estimate of drug-likeness (QED) is 0.528. The summed E-state index contributed by atoms with van der Waals surface area (Å²) in [5, 5.41) is 10.0. The molecule has 0 atom stereocenters. The average Bonchev–Trinajstić information content (AvgIpc) is 3.35. The highest BCUT2D eigenvalue weighted by molar-refractivity contribution is 7.98. The van der Waals surface area contributed by atoms with Crippen LogP contribution in [0.4, 0.5) is 5.95 Å². The van der Waals surface area contributed by atoms with Gasteiger partial charge in [-0.15, -0.1) is 10.2 Å². The van der Waals surface area contributed by atoms with Gasteiger partial charge >= 0.3 is 0 Å². The molecule has 1 aromatic carbocycles. The molecule has 0 spiro atoms. The molecule has 0 amide bonds. The normalized spacial score (nSPS) is 16.9. The van der Waals surface area contributed by atoms with Crippen LogP contribution in [0, 0.1) is 0 Å². The van der Waals surface area contributed by atoms with Crippen molar-refractivity contribution in [2.75, 3.05) is 25.1 Å². The van der Waals surface area contributed by atoms with E-state index in [1.165, 1.54) is 32.1 Å². The zero-order chi connectivity index (χ0) is 19.6. The summed E-state index contributed by atoms with van der Waals surface area (Å²) in [6, 6.07) is 8.28. The molecule has 0 N–H and O–H groups in total. The fraction of sp³-hybridized carbons (Fsp3) is 0.476. The van der Waals surface area contributed by atoms with Crippen LogP contribution in [-0.4, -0.2) is 39.9 Å². The summed E-state index contributed by atoms with van der Waals surface area (Å²) in [7, 11) is 1.66. The summed E-state index contributed by atoms with van der Waals surface area (Å²) in [6.45, 7) is 2.17. The van der Waals surface area contributed by atoms with Crippen molar-refractivity contribution >= 4 is 17.7 Å². The number of methoxy groups -OCH3 is 1. The smallest absolute Gasteiger partial charge is 0.228 e. The molecule has 0 radical (unpaired) electrons. The number of benzene rings is 1. The van der Waals surface area contributed by atoms with Gasteiger partial charge in [0.15, 0.2) is 5.16 Å². The van der Waals surface area contributed by atoms with Crippen LogP contribution in [0.2, 0.25) is 0 Å². The first-order chi connectivity index (χ1) is 14.3. The second kappa shape index (κ2) is 8.10. The Kier molecular flexibility index (Phi) is 5.18. The molecule has 3 heterocycles. The number of hydrogen-bond donors (Lipinski definition) is 0. The molecule has 1 aliphatic carbocycles. The molecule has 152 valence electrons. The van der Waals surface area contributed by atoms with Crippen LogP contribution in [0.15, 0.2) is 40.1 Å². The number of nitrogens with zero attached hydrogens (tertiary/aromatic N) is 5.